The predicted molar refractivity (Wildman–Crippen MR) is 103 cm³/mol. The summed E-state index contributed by atoms with van der Waals surface area (Å²) in [5.74, 6) is 0.315. The molecule has 1 saturated heterocycles. The number of ketones is 1. The lowest BCUT2D eigenvalue weighted by molar-refractivity contribution is -0.117. The SMILES string of the molecule is CC(C)=C1C(=O)CC2CN(S(=O)(=O)c3ccc(C)cc3)CC2C1=C(C)C. The van der Waals surface area contributed by atoms with Crippen LogP contribution >= 0.6 is 0 Å². The van der Waals surface area contributed by atoms with Gasteiger partial charge in [-0.1, -0.05) is 28.8 Å². The van der Waals surface area contributed by atoms with Crippen molar-refractivity contribution in [3.05, 3.63) is 52.1 Å². The summed E-state index contributed by atoms with van der Waals surface area (Å²) in [7, 11) is -3.53. The van der Waals surface area contributed by atoms with Gasteiger partial charge in [-0.15, -0.1) is 0 Å². The molecule has 0 amide bonds. The third-order valence-electron chi connectivity index (χ3n) is 5.47. The fourth-order valence-corrected chi connectivity index (χ4v) is 5.79. The van der Waals surface area contributed by atoms with E-state index in [-0.39, 0.29) is 17.6 Å². The molecule has 2 atom stereocenters. The molecule has 26 heavy (non-hydrogen) atoms. The molecule has 1 aliphatic carbocycles. The number of allylic oxidation sites excluding steroid dienone is 3. The maximum atomic E-state index is 13.1. The Bertz CT molecular complexity index is 899. The zero-order valence-corrected chi connectivity index (χ0v) is 17.0. The van der Waals surface area contributed by atoms with E-state index in [9.17, 15) is 13.2 Å². The van der Waals surface area contributed by atoms with Crippen LogP contribution in [0.25, 0.3) is 0 Å². The monoisotopic (exact) mass is 373 g/mol. The minimum atomic E-state index is -3.53. The Hall–Kier alpha value is -1.72. The molecular weight excluding hydrogens is 346 g/mol. The van der Waals surface area contributed by atoms with E-state index in [2.05, 4.69) is 0 Å². The first kappa shape index (κ1) is 19.1. The van der Waals surface area contributed by atoms with Crippen LogP contribution in [0.3, 0.4) is 0 Å². The number of hydrogen-bond donors (Lipinski definition) is 0. The minimum Gasteiger partial charge on any atom is -0.294 e. The van der Waals surface area contributed by atoms with E-state index in [1.165, 1.54) is 0 Å². The molecule has 0 spiro atoms. The highest BCUT2D eigenvalue weighted by Gasteiger charge is 2.46. The molecule has 1 aliphatic heterocycles. The zero-order valence-electron chi connectivity index (χ0n) is 16.2. The van der Waals surface area contributed by atoms with Gasteiger partial charge in [-0.2, -0.15) is 4.31 Å². The van der Waals surface area contributed by atoms with Gasteiger partial charge in [0.15, 0.2) is 5.78 Å². The second-order valence-corrected chi connectivity index (χ2v) is 9.86. The molecule has 3 rings (SSSR count). The van der Waals surface area contributed by atoms with Crippen molar-refractivity contribution in [2.75, 3.05) is 13.1 Å². The largest absolute Gasteiger partial charge is 0.294 e. The van der Waals surface area contributed by atoms with Gasteiger partial charge in [0.25, 0.3) is 0 Å². The van der Waals surface area contributed by atoms with Gasteiger partial charge in [0.05, 0.1) is 4.90 Å². The predicted octanol–water partition coefficient (Wildman–Crippen LogP) is 3.88. The van der Waals surface area contributed by atoms with Crippen LogP contribution < -0.4 is 0 Å². The standard InChI is InChI=1S/C21H27NO3S/c1-13(2)20-18-12-22(11-16(18)10-19(23)21(20)14(3)4)26(24,25)17-8-6-15(5)7-9-17/h6-9,16,18H,10-12H2,1-5H3. The lowest BCUT2D eigenvalue weighted by atomic mass is 9.72. The van der Waals surface area contributed by atoms with Crippen LogP contribution in [0.4, 0.5) is 0 Å². The number of fused-ring (bicyclic) bond motifs is 1. The van der Waals surface area contributed by atoms with Crippen molar-refractivity contribution < 1.29 is 13.2 Å². The molecule has 1 aromatic carbocycles. The Morgan fingerprint density at radius 2 is 1.62 bits per heavy atom. The number of rotatable bonds is 2. The lowest BCUT2D eigenvalue weighted by Crippen LogP contribution is -2.29. The molecule has 0 bridgehead atoms. The molecule has 1 aromatic rings. The number of carbonyl (C=O) groups excluding carboxylic acids is 1. The Morgan fingerprint density at radius 1 is 1.00 bits per heavy atom. The van der Waals surface area contributed by atoms with E-state index in [1.54, 1.807) is 16.4 Å². The Kier molecular flexibility index (Phi) is 4.97. The maximum Gasteiger partial charge on any atom is 0.243 e. The normalized spacial score (nSPS) is 24.0. The molecule has 140 valence electrons. The zero-order chi connectivity index (χ0) is 19.2. The van der Waals surface area contributed by atoms with E-state index in [4.69, 9.17) is 0 Å². The average Bonchev–Trinajstić information content (AvgIpc) is 2.97. The Balaban J connectivity index is 1.98. The summed E-state index contributed by atoms with van der Waals surface area (Å²) in [5, 5.41) is 0. The molecular formula is C21H27NO3S. The van der Waals surface area contributed by atoms with Crippen molar-refractivity contribution in [2.45, 2.75) is 45.9 Å². The fourth-order valence-electron chi connectivity index (χ4n) is 4.27. The molecule has 1 saturated carbocycles. The van der Waals surface area contributed by atoms with Crippen molar-refractivity contribution >= 4 is 15.8 Å². The summed E-state index contributed by atoms with van der Waals surface area (Å²) in [6.45, 7) is 10.8. The molecule has 0 radical (unpaired) electrons. The average molecular weight is 374 g/mol. The first-order valence-corrected chi connectivity index (χ1v) is 10.5. The van der Waals surface area contributed by atoms with Crippen LogP contribution in [-0.4, -0.2) is 31.6 Å². The first-order valence-electron chi connectivity index (χ1n) is 9.08. The second-order valence-electron chi connectivity index (χ2n) is 7.92. The Labute approximate surface area is 156 Å². The van der Waals surface area contributed by atoms with Gasteiger partial charge < -0.3 is 0 Å². The lowest BCUT2D eigenvalue weighted by Gasteiger charge is -2.31. The maximum absolute atomic E-state index is 13.1. The highest BCUT2D eigenvalue weighted by molar-refractivity contribution is 7.89. The number of benzene rings is 1. The number of sulfonamides is 1. The van der Waals surface area contributed by atoms with E-state index < -0.39 is 10.0 Å². The summed E-state index contributed by atoms with van der Waals surface area (Å²) >= 11 is 0. The Morgan fingerprint density at radius 3 is 2.15 bits per heavy atom. The van der Waals surface area contributed by atoms with Crippen LogP contribution in [-0.2, 0) is 14.8 Å². The fraction of sp³-hybridized carbons (Fsp3) is 0.476. The number of aryl methyl sites for hydroxylation is 1. The van der Waals surface area contributed by atoms with Gasteiger partial charge >= 0.3 is 0 Å². The van der Waals surface area contributed by atoms with Crippen LogP contribution in [0, 0.1) is 18.8 Å². The summed E-state index contributed by atoms with van der Waals surface area (Å²) in [5.41, 5.74) is 5.04. The van der Waals surface area contributed by atoms with Crippen LogP contribution in [0.1, 0.15) is 39.7 Å². The molecule has 1 heterocycles. The number of hydrogen-bond acceptors (Lipinski definition) is 3. The molecule has 4 nitrogen and oxygen atoms in total. The van der Waals surface area contributed by atoms with E-state index >= 15 is 0 Å². The van der Waals surface area contributed by atoms with Gasteiger partial charge in [0, 0.05) is 31.0 Å². The molecule has 0 N–H and O–H groups in total. The first-order chi connectivity index (χ1) is 12.1. The topological polar surface area (TPSA) is 54.5 Å². The molecule has 2 aliphatic rings. The van der Waals surface area contributed by atoms with Crippen molar-refractivity contribution in [1.29, 1.82) is 0 Å². The van der Waals surface area contributed by atoms with Gasteiger partial charge in [-0.25, -0.2) is 8.42 Å². The highest BCUT2D eigenvalue weighted by atomic mass is 32.2. The molecule has 5 heteroatoms. The third kappa shape index (κ3) is 3.19. The molecule has 2 unspecified atom stereocenters. The van der Waals surface area contributed by atoms with Gasteiger partial charge in [0.1, 0.15) is 0 Å². The van der Waals surface area contributed by atoms with Crippen molar-refractivity contribution in [1.82, 2.24) is 4.31 Å². The van der Waals surface area contributed by atoms with Gasteiger partial charge in [-0.05, 0) is 58.2 Å². The van der Waals surface area contributed by atoms with Crippen LogP contribution in [0.2, 0.25) is 0 Å². The molecule has 0 aromatic heterocycles. The van der Waals surface area contributed by atoms with Gasteiger partial charge in [-0.3, -0.25) is 4.79 Å². The number of carbonyl (C=O) groups is 1. The summed E-state index contributed by atoms with van der Waals surface area (Å²) in [6.07, 6.45) is 0.432. The van der Waals surface area contributed by atoms with E-state index in [0.717, 1.165) is 27.9 Å². The van der Waals surface area contributed by atoms with Crippen molar-refractivity contribution in [3.8, 4) is 0 Å². The quantitative estimate of drug-likeness (QED) is 0.739. The summed E-state index contributed by atoms with van der Waals surface area (Å²) < 4.78 is 27.7. The molecule has 2 fully saturated rings. The van der Waals surface area contributed by atoms with Crippen molar-refractivity contribution in [2.24, 2.45) is 11.8 Å². The van der Waals surface area contributed by atoms with E-state index in [1.807, 2.05) is 46.8 Å². The van der Waals surface area contributed by atoms with Crippen molar-refractivity contribution in [3.63, 3.8) is 0 Å². The minimum absolute atomic E-state index is 0.0655. The van der Waals surface area contributed by atoms with Crippen LogP contribution in [0.15, 0.2) is 51.5 Å². The third-order valence-corrected chi connectivity index (χ3v) is 7.32. The summed E-state index contributed by atoms with van der Waals surface area (Å²) in [4.78, 5) is 13.0. The second kappa shape index (κ2) is 6.78. The van der Waals surface area contributed by atoms with Gasteiger partial charge in [0.2, 0.25) is 10.0 Å². The highest BCUT2D eigenvalue weighted by Crippen LogP contribution is 2.44. The smallest absolute Gasteiger partial charge is 0.243 e. The number of Topliss-reactive ketones (excluding diaryl/α,β-unsaturated/α-hetero) is 1. The van der Waals surface area contributed by atoms with Crippen LogP contribution in [0.5, 0.6) is 0 Å². The number of nitrogens with zero attached hydrogens (tertiary/aromatic N) is 1. The summed E-state index contributed by atoms with van der Waals surface area (Å²) in [6, 6.07) is 6.98. The van der Waals surface area contributed by atoms with E-state index in [0.29, 0.717) is 24.4 Å².